The Bertz CT molecular complexity index is 1370. The number of esters is 3. The molecule has 82 heavy (non-hydrogen) atoms. The van der Waals surface area contributed by atoms with Crippen molar-refractivity contribution in [2.24, 2.45) is 0 Å². The molecule has 482 valence electrons. The van der Waals surface area contributed by atoms with Crippen LogP contribution in [0.1, 0.15) is 412 Å². The Balaban J connectivity index is 4.09. The molecule has 0 saturated carbocycles. The predicted octanol–water partition coefficient (Wildman–Crippen LogP) is 25.5. The van der Waals surface area contributed by atoms with Crippen LogP contribution in [0.25, 0.3) is 0 Å². The summed E-state index contributed by atoms with van der Waals surface area (Å²) >= 11 is 0. The zero-order chi connectivity index (χ0) is 59.2. The highest BCUT2D eigenvalue weighted by Gasteiger charge is 2.19. The van der Waals surface area contributed by atoms with Gasteiger partial charge in [0.2, 0.25) is 0 Å². The molecule has 0 heterocycles. The van der Waals surface area contributed by atoms with Crippen molar-refractivity contribution >= 4 is 17.9 Å². The van der Waals surface area contributed by atoms with E-state index < -0.39 is 6.10 Å². The van der Waals surface area contributed by atoms with Crippen LogP contribution < -0.4 is 0 Å². The van der Waals surface area contributed by atoms with Crippen molar-refractivity contribution in [3.63, 3.8) is 0 Å². The Labute approximate surface area is 512 Å². The molecule has 0 rings (SSSR count). The monoisotopic (exact) mass is 1150 g/mol. The van der Waals surface area contributed by atoms with Gasteiger partial charge in [0.15, 0.2) is 6.10 Å². The molecule has 0 amide bonds. The summed E-state index contributed by atoms with van der Waals surface area (Å²) in [6.07, 6.45) is 89.1. The highest BCUT2D eigenvalue weighted by Crippen LogP contribution is 2.19. The molecule has 0 saturated heterocycles. The normalized spacial score (nSPS) is 12.2. The minimum Gasteiger partial charge on any atom is -0.462 e. The highest BCUT2D eigenvalue weighted by molar-refractivity contribution is 5.71. The van der Waals surface area contributed by atoms with Crippen molar-refractivity contribution in [2.75, 3.05) is 13.2 Å². The van der Waals surface area contributed by atoms with Crippen LogP contribution in [0.5, 0.6) is 0 Å². The second kappa shape index (κ2) is 71.1. The number of allylic oxidation sites excluding steroid dienone is 6. The number of carbonyl (C=O) groups excluding carboxylic acids is 3. The fraction of sp³-hybridized carbons (Fsp3) is 0.882. The minimum atomic E-state index is -0.769. The first-order valence-electron chi connectivity index (χ1n) is 37.0. The van der Waals surface area contributed by atoms with Crippen molar-refractivity contribution < 1.29 is 28.6 Å². The zero-order valence-corrected chi connectivity index (χ0v) is 55.5. The van der Waals surface area contributed by atoms with Crippen LogP contribution in [0.4, 0.5) is 0 Å². The summed E-state index contributed by atoms with van der Waals surface area (Å²) in [6, 6.07) is 0. The standard InChI is InChI=1S/C76H142O6/c1-4-7-10-13-16-19-22-24-26-28-30-32-34-35-36-37-38-39-40-41-43-44-46-48-50-52-54-57-60-63-66-69-75(78)81-72-73(71-80-74(77)68-65-62-59-56-21-18-15-12-9-6-3)82-76(79)70-67-64-61-58-55-53-51-49-47-45-42-33-31-29-27-25-23-20-17-14-11-8-5-2/h22,24,28-31,73H,4-21,23,25-27,32-72H2,1-3H3/b24-22-,30-28-,31-29-. The van der Waals surface area contributed by atoms with Gasteiger partial charge in [-0.25, -0.2) is 0 Å². The highest BCUT2D eigenvalue weighted by atomic mass is 16.6. The lowest BCUT2D eigenvalue weighted by atomic mass is 10.0. The molecule has 6 nitrogen and oxygen atoms in total. The van der Waals surface area contributed by atoms with Gasteiger partial charge in [-0.1, -0.05) is 353 Å². The molecule has 0 aromatic rings. The molecule has 0 radical (unpaired) electrons. The quantitative estimate of drug-likeness (QED) is 0.0261. The number of hydrogen-bond donors (Lipinski definition) is 0. The smallest absolute Gasteiger partial charge is 0.306 e. The van der Waals surface area contributed by atoms with E-state index in [-0.39, 0.29) is 31.1 Å². The van der Waals surface area contributed by atoms with Crippen molar-refractivity contribution in [1.29, 1.82) is 0 Å². The number of ether oxygens (including phenoxy) is 3. The maximum absolute atomic E-state index is 12.9. The molecule has 0 aromatic heterocycles. The van der Waals surface area contributed by atoms with Gasteiger partial charge in [-0.15, -0.1) is 0 Å². The summed E-state index contributed by atoms with van der Waals surface area (Å²) < 4.78 is 17.0. The van der Waals surface area contributed by atoms with Gasteiger partial charge < -0.3 is 14.2 Å². The Morgan fingerprint density at radius 3 is 0.683 bits per heavy atom. The molecule has 0 fully saturated rings. The average Bonchev–Trinajstić information content (AvgIpc) is 3.47. The summed E-state index contributed by atoms with van der Waals surface area (Å²) in [6.45, 7) is 6.69. The lowest BCUT2D eigenvalue weighted by Gasteiger charge is -2.18. The maximum atomic E-state index is 12.9. The second-order valence-electron chi connectivity index (χ2n) is 25.2. The largest absolute Gasteiger partial charge is 0.462 e. The Kier molecular flexibility index (Phi) is 69.1. The van der Waals surface area contributed by atoms with Crippen LogP contribution >= 0.6 is 0 Å². The molecule has 0 aliphatic carbocycles. The van der Waals surface area contributed by atoms with Crippen LogP contribution in [0.2, 0.25) is 0 Å². The lowest BCUT2D eigenvalue weighted by Crippen LogP contribution is -2.30. The maximum Gasteiger partial charge on any atom is 0.306 e. The fourth-order valence-electron chi connectivity index (χ4n) is 11.3. The number of carbonyl (C=O) groups is 3. The van der Waals surface area contributed by atoms with E-state index in [0.717, 1.165) is 64.2 Å². The summed E-state index contributed by atoms with van der Waals surface area (Å²) in [5.41, 5.74) is 0. The van der Waals surface area contributed by atoms with Crippen LogP contribution in [0.3, 0.4) is 0 Å². The Morgan fingerprint density at radius 1 is 0.244 bits per heavy atom. The first kappa shape index (κ1) is 79.6. The van der Waals surface area contributed by atoms with E-state index in [1.165, 1.54) is 308 Å². The van der Waals surface area contributed by atoms with Crippen LogP contribution in [0, 0.1) is 0 Å². The third-order valence-corrected chi connectivity index (χ3v) is 16.9. The molecular weight excluding hydrogens is 1010 g/mol. The van der Waals surface area contributed by atoms with Crippen LogP contribution in [-0.4, -0.2) is 37.2 Å². The molecule has 1 atom stereocenters. The Morgan fingerprint density at radius 2 is 0.439 bits per heavy atom. The molecule has 0 bridgehead atoms. The van der Waals surface area contributed by atoms with Gasteiger partial charge in [-0.3, -0.25) is 14.4 Å². The summed E-state index contributed by atoms with van der Waals surface area (Å²) in [7, 11) is 0. The third-order valence-electron chi connectivity index (χ3n) is 16.9. The molecule has 0 aliphatic heterocycles. The van der Waals surface area contributed by atoms with Gasteiger partial charge in [-0.2, -0.15) is 0 Å². The first-order valence-corrected chi connectivity index (χ1v) is 37.0. The van der Waals surface area contributed by atoms with Gasteiger partial charge in [0, 0.05) is 19.3 Å². The van der Waals surface area contributed by atoms with E-state index in [2.05, 4.69) is 57.2 Å². The van der Waals surface area contributed by atoms with Crippen molar-refractivity contribution in [3.05, 3.63) is 36.5 Å². The zero-order valence-electron chi connectivity index (χ0n) is 55.5. The van der Waals surface area contributed by atoms with Crippen LogP contribution in [-0.2, 0) is 28.6 Å². The summed E-state index contributed by atoms with van der Waals surface area (Å²) in [4.78, 5) is 38.4. The van der Waals surface area contributed by atoms with Gasteiger partial charge in [-0.05, 0) is 77.0 Å². The minimum absolute atomic E-state index is 0.0661. The fourth-order valence-corrected chi connectivity index (χ4v) is 11.3. The molecule has 1 unspecified atom stereocenters. The SMILES string of the molecule is CCCCCCC/C=C\C/C=C\CCCCCCCCCCCCCCCCCCCCCC(=O)OCC(COC(=O)CCCCCCCCCCCC)OC(=O)CCCCCCCCCCCCC/C=C\CCCCCCCCCC. The van der Waals surface area contributed by atoms with Crippen molar-refractivity contribution in [2.45, 2.75) is 419 Å². The van der Waals surface area contributed by atoms with E-state index in [4.69, 9.17) is 14.2 Å². The third kappa shape index (κ3) is 68.4. The first-order chi connectivity index (χ1) is 40.5. The molecule has 6 heteroatoms. The molecule has 0 aliphatic rings. The predicted molar refractivity (Wildman–Crippen MR) is 358 cm³/mol. The number of hydrogen-bond acceptors (Lipinski definition) is 6. The lowest BCUT2D eigenvalue weighted by molar-refractivity contribution is -0.167. The second-order valence-corrected chi connectivity index (χ2v) is 25.2. The van der Waals surface area contributed by atoms with E-state index in [9.17, 15) is 14.4 Å². The molecule has 0 N–H and O–H groups in total. The van der Waals surface area contributed by atoms with Gasteiger partial charge in [0.05, 0.1) is 0 Å². The average molecular weight is 1150 g/mol. The van der Waals surface area contributed by atoms with Crippen molar-refractivity contribution in [1.82, 2.24) is 0 Å². The number of unbranched alkanes of at least 4 members (excludes halogenated alkanes) is 52. The summed E-state index contributed by atoms with van der Waals surface area (Å²) in [5.74, 6) is -0.838. The molecule has 0 spiro atoms. The van der Waals surface area contributed by atoms with Crippen molar-refractivity contribution in [3.8, 4) is 0 Å². The van der Waals surface area contributed by atoms with E-state index in [0.29, 0.717) is 19.3 Å². The van der Waals surface area contributed by atoms with Crippen LogP contribution in [0.15, 0.2) is 36.5 Å². The van der Waals surface area contributed by atoms with E-state index in [1.807, 2.05) is 0 Å². The van der Waals surface area contributed by atoms with E-state index in [1.54, 1.807) is 0 Å². The molecular formula is C76H142O6. The summed E-state index contributed by atoms with van der Waals surface area (Å²) in [5, 5.41) is 0. The Hall–Kier alpha value is -2.37. The van der Waals surface area contributed by atoms with Gasteiger partial charge in [0.25, 0.3) is 0 Å². The number of rotatable bonds is 69. The topological polar surface area (TPSA) is 78.9 Å². The van der Waals surface area contributed by atoms with Gasteiger partial charge in [0.1, 0.15) is 13.2 Å². The van der Waals surface area contributed by atoms with E-state index >= 15 is 0 Å². The molecule has 0 aromatic carbocycles. The van der Waals surface area contributed by atoms with Gasteiger partial charge >= 0.3 is 17.9 Å².